The Hall–Kier alpha value is -1.85. The van der Waals surface area contributed by atoms with Gasteiger partial charge in [-0.3, -0.25) is 9.59 Å². The Kier molecular flexibility index (Phi) is 2.63. The van der Waals surface area contributed by atoms with Crippen molar-refractivity contribution in [3.8, 4) is 0 Å². The zero-order valence-corrected chi connectivity index (χ0v) is 6.98. The van der Waals surface area contributed by atoms with Crippen LogP contribution in [0.3, 0.4) is 0 Å². The topological polar surface area (TPSA) is 98.2 Å². The van der Waals surface area contributed by atoms with E-state index in [1.807, 2.05) is 0 Å². The third kappa shape index (κ3) is 2.29. The van der Waals surface area contributed by atoms with Crippen LogP contribution in [0.1, 0.15) is 17.5 Å². The van der Waals surface area contributed by atoms with Crippen molar-refractivity contribution in [3.63, 3.8) is 0 Å². The molecule has 0 aliphatic heterocycles. The molecule has 0 aliphatic carbocycles. The average molecular weight is 183 g/mol. The average Bonchev–Trinajstić information content (AvgIpc) is 2.55. The minimum absolute atomic E-state index is 0.0492. The molecule has 0 saturated carbocycles. The summed E-state index contributed by atoms with van der Waals surface area (Å²) in [4.78, 5) is 21.7. The number of amides is 2. The van der Waals surface area contributed by atoms with Crippen LogP contribution in [0, 0.1) is 0 Å². The maximum absolute atomic E-state index is 11.2. The monoisotopic (exact) mass is 183 g/mol. The maximum atomic E-state index is 11.2. The molecule has 0 radical (unpaired) electrons. The number of nitrogens with two attached hydrogens (primary N) is 1. The van der Waals surface area contributed by atoms with Crippen molar-refractivity contribution in [1.29, 1.82) is 0 Å². The van der Waals surface area contributed by atoms with Gasteiger partial charge in [0.05, 0.1) is 6.20 Å². The molecule has 13 heavy (non-hydrogen) atoms. The molecule has 0 bridgehead atoms. The van der Waals surface area contributed by atoms with Gasteiger partial charge in [-0.1, -0.05) is 5.16 Å². The minimum Gasteiger partial charge on any atom is -0.368 e. The minimum atomic E-state index is -0.724. The molecule has 0 aromatic carbocycles. The molecular formula is C7H9N3O3. The number of nitrogens with zero attached hydrogens (tertiary/aromatic N) is 1. The first-order valence-electron chi connectivity index (χ1n) is 3.62. The standard InChI is InChI=1S/C7H9N3O3/c1-4(6(8)11)10-7(12)5-2-3-9-13-5/h2-4H,1H3,(H2,8,11)(H,10,12)/t4-/m0/s1. The smallest absolute Gasteiger partial charge is 0.290 e. The maximum Gasteiger partial charge on any atom is 0.290 e. The number of hydrogen-bond donors (Lipinski definition) is 2. The van der Waals surface area contributed by atoms with Gasteiger partial charge in [0.2, 0.25) is 11.7 Å². The quantitative estimate of drug-likeness (QED) is 0.645. The molecule has 2 amide bonds. The summed E-state index contributed by atoms with van der Waals surface area (Å²) in [5, 5.41) is 5.68. The van der Waals surface area contributed by atoms with E-state index in [0.717, 1.165) is 0 Å². The Morgan fingerprint density at radius 2 is 2.38 bits per heavy atom. The first-order chi connectivity index (χ1) is 6.11. The Labute approximate surface area is 74.1 Å². The van der Waals surface area contributed by atoms with Crippen molar-refractivity contribution in [2.45, 2.75) is 13.0 Å². The molecule has 0 spiro atoms. The van der Waals surface area contributed by atoms with E-state index in [1.54, 1.807) is 0 Å². The summed E-state index contributed by atoms with van der Waals surface area (Å²) in [7, 11) is 0. The van der Waals surface area contributed by atoms with Crippen molar-refractivity contribution >= 4 is 11.8 Å². The summed E-state index contributed by atoms with van der Waals surface area (Å²) in [6.07, 6.45) is 1.34. The Morgan fingerprint density at radius 3 is 2.85 bits per heavy atom. The fourth-order valence-electron chi connectivity index (χ4n) is 0.672. The van der Waals surface area contributed by atoms with Crippen LogP contribution in [-0.4, -0.2) is 23.0 Å². The van der Waals surface area contributed by atoms with E-state index in [4.69, 9.17) is 5.73 Å². The molecule has 6 nitrogen and oxygen atoms in total. The highest BCUT2D eigenvalue weighted by molar-refractivity contribution is 5.94. The molecular weight excluding hydrogens is 174 g/mol. The van der Waals surface area contributed by atoms with E-state index in [2.05, 4.69) is 15.0 Å². The Morgan fingerprint density at radius 1 is 1.69 bits per heavy atom. The van der Waals surface area contributed by atoms with Gasteiger partial charge >= 0.3 is 0 Å². The molecule has 6 heteroatoms. The highest BCUT2D eigenvalue weighted by Gasteiger charge is 2.15. The highest BCUT2D eigenvalue weighted by Crippen LogP contribution is 1.96. The highest BCUT2D eigenvalue weighted by atomic mass is 16.5. The summed E-state index contributed by atoms with van der Waals surface area (Å²) in [5.74, 6) is -1.07. The molecule has 1 aromatic heterocycles. The Bertz CT molecular complexity index is 307. The number of carbonyl (C=O) groups is 2. The first kappa shape index (κ1) is 9.24. The van der Waals surface area contributed by atoms with Gasteiger partial charge in [-0.25, -0.2) is 0 Å². The van der Waals surface area contributed by atoms with Crippen molar-refractivity contribution in [3.05, 3.63) is 18.0 Å². The van der Waals surface area contributed by atoms with Gasteiger partial charge in [-0.05, 0) is 6.92 Å². The van der Waals surface area contributed by atoms with E-state index < -0.39 is 17.9 Å². The molecule has 0 aliphatic rings. The van der Waals surface area contributed by atoms with Gasteiger partial charge in [-0.15, -0.1) is 0 Å². The summed E-state index contributed by atoms with van der Waals surface area (Å²) in [6.45, 7) is 1.48. The van der Waals surface area contributed by atoms with Crippen LogP contribution in [0.25, 0.3) is 0 Å². The second-order valence-corrected chi connectivity index (χ2v) is 2.47. The lowest BCUT2D eigenvalue weighted by Crippen LogP contribution is -2.42. The predicted molar refractivity (Wildman–Crippen MR) is 42.6 cm³/mol. The van der Waals surface area contributed by atoms with Gasteiger partial charge in [-0.2, -0.15) is 0 Å². The number of primary amides is 1. The molecule has 1 rings (SSSR count). The lowest BCUT2D eigenvalue weighted by Gasteiger charge is -2.07. The van der Waals surface area contributed by atoms with Crippen LogP contribution in [0.2, 0.25) is 0 Å². The summed E-state index contributed by atoms with van der Waals surface area (Å²) < 4.78 is 4.56. The van der Waals surface area contributed by atoms with Crippen LogP contribution in [0.4, 0.5) is 0 Å². The molecule has 1 heterocycles. The molecule has 0 saturated heterocycles. The zero-order chi connectivity index (χ0) is 9.84. The third-order valence-electron chi connectivity index (χ3n) is 1.44. The Balaban J connectivity index is 2.56. The van der Waals surface area contributed by atoms with Crippen LogP contribution in [0.15, 0.2) is 16.8 Å². The second-order valence-electron chi connectivity index (χ2n) is 2.47. The molecule has 0 unspecified atom stereocenters. The van der Waals surface area contributed by atoms with Crippen LogP contribution in [-0.2, 0) is 4.79 Å². The van der Waals surface area contributed by atoms with Gasteiger partial charge < -0.3 is 15.6 Å². The van der Waals surface area contributed by atoms with Crippen molar-refractivity contribution in [1.82, 2.24) is 10.5 Å². The summed E-state index contributed by atoms with van der Waals surface area (Å²) in [6, 6.07) is 0.667. The number of aromatic nitrogens is 1. The van der Waals surface area contributed by atoms with Crippen LogP contribution in [0.5, 0.6) is 0 Å². The van der Waals surface area contributed by atoms with Crippen molar-refractivity contribution in [2.75, 3.05) is 0 Å². The first-order valence-corrected chi connectivity index (χ1v) is 3.62. The summed E-state index contributed by atoms with van der Waals surface area (Å²) >= 11 is 0. The SMILES string of the molecule is C[C@H](NC(=O)c1ccno1)C(N)=O. The molecule has 3 N–H and O–H groups in total. The van der Waals surface area contributed by atoms with Crippen LogP contribution >= 0.6 is 0 Å². The molecule has 1 aromatic rings. The van der Waals surface area contributed by atoms with Gasteiger partial charge in [0.15, 0.2) is 0 Å². The van der Waals surface area contributed by atoms with E-state index in [1.165, 1.54) is 19.2 Å². The number of nitrogens with one attached hydrogen (secondary N) is 1. The lowest BCUT2D eigenvalue weighted by atomic mass is 10.3. The summed E-state index contributed by atoms with van der Waals surface area (Å²) in [5.41, 5.74) is 4.94. The lowest BCUT2D eigenvalue weighted by molar-refractivity contribution is -0.119. The second kappa shape index (κ2) is 3.70. The third-order valence-corrected chi connectivity index (χ3v) is 1.44. The van der Waals surface area contributed by atoms with Gasteiger partial charge in [0.25, 0.3) is 5.91 Å². The van der Waals surface area contributed by atoms with Gasteiger partial charge in [0, 0.05) is 6.07 Å². The van der Waals surface area contributed by atoms with E-state index in [-0.39, 0.29) is 5.76 Å². The van der Waals surface area contributed by atoms with E-state index in [0.29, 0.717) is 0 Å². The normalized spacial score (nSPS) is 12.1. The predicted octanol–water partition coefficient (Wildman–Crippen LogP) is -0.722. The fraction of sp³-hybridized carbons (Fsp3) is 0.286. The van der Waals surface area contributed by atoms with Crippen LogP contribution < -0.4 is 11.1 Å². The van der Waals surface area contributed by atoms with Gasteiger partial charge in [0.1, 0.15) is 6.04 Å². The number of hydrogen-bond acceptors (Lipinski definition) is 4. The zero-order valence-electron chi connectivity index (χ0n) is 6.98. The number of rotatable bonds is 3. The van der Waals surface area contributed by atoms with Crippen molar-refractivity contribution < 1.29 is 14.1 Å². The van der Waals surface area contributed by atoms with E-state index >= 15 is 0 Å². The molecule has 0 fully saturated rings. The largest absolute Gasteiger partial charge is 0.368 e. The number of carbonyl (C=O) groups excluding carboxylic acids is 2. The molecule has 70 valence electrons. The molecule has 1 atom stereocenters. The van der Waals surface area contributed by atoms with E-state index in [9.17, 15) is 9.59 Å². The fourth-order valence-corrected chi connectivity index (χ4v) is 0.672. The van der Waals surface area contributed by atoms with Crippen molar-refractivity contribution in [2.24, 2.45) is 5.73 Å².